The van der Waals surface area contributed by atoms with Crippen LogP contribution in [0, 0.1) is 13.5 Å². The zero-order chi connectivity index (χ0) is 27.0. The number of hydrogen-bond donors (Lipinski definition) is 1. The fourth-order valence-corrected chi connectivity index (χ4v) is 4.75. The molecule has 0 radical (unpaired) electrons. The van der Waals surface area contributed by atoms with Gasteiger partial charge >= 0.3 is 17.9 Å². The maximum atomic E-state index is 13.7. The monoisotopic (exact) mass is 521 g/mol. The summed E-state index contributed by atoms with van der Waals surface area (Å²) in [6, 6.07) is 10.0. The minimum absolute atomic E-state index is 0.0385. The lowest BCUT2D eigenvalue weighted by atomic mass is 10.2. The molecule has 5 rings (SSSR count). The van der Waals surface area contributed by atoms with Crippen LogP contribution in [0.1, 0.15) is 36.9 Å². The number of nitrogens with zero attached hydrogens (tertiary/aromatic N) is 6. The van der Waals surface area contributed by atoms with Gasteiger partial charge in [-0.1, -0.05) is 31.0 Å². The largest absolute Gasteiger partial charge is 0.416 e. The Morgan fingerprint density at radius 1 is 1.11 bits per heavy atom. The predicted octanol–water partition coefficient (Wildman–Crippen LogP) is 5.27. The number of nitrogens with one attached hydrogen (secondary N) is 1. The number of aromatic nitrogens is 5. The second-order valence-electron chi connectivity index (χ2n) is 8.99. The summed E-state index contributed by atoms with van der Waals surface area (Å²) in [5.41, 5.74) is -0.554. The number of carbonyl (C=O) groups excluding carboxylic acids is 1. The number of alkyl halides is 3. The van der Waals surface area contributed by atoms with Crippen molar-refractivity contribution in [3.8, 4) is 22.9 Å². The Balaban J connectivity index is 1.71. The second kappa shape index (κ2) is 9.66. The summed E-state index contributed by atoms with van der Waals surface area (Å²) in [7, 11) is 0. The molecule has 1 amide bonds. The molecule has 9 nitrogen and oxygen atoms in total. The molecule has 0 saturated heterocycles. The van der Waals surface area contributed by atoms with E-state index in [-0.39, 0.29) is 28.9 Å². The third-order valence-corrected chi connectivity index (χ3v) is 6.58. The first-order valence-electron chi connectivity index (χ1n) is 11.9. The van der Waals surface area contributed by atoms with Crippen molar-refractivity contribution >= 4 is 11.7 Å². The van der Waals surface area contributed by atoms with Crippen LogP contribution < -0.4 is 11.0 Å². The van der Waals surface area contributed by atoms with Gasteiger partial charge in [0.15, 0.2) is 11.5 Å². The van der Waals surface area contributed by atoms with Gasteiger partial charge in [0.1, 0.15) is 12.0 Å². The summed E-state index contributed by atoms with van der Waals surface area (Å²) >= 11 is 0. The normalized spacial score (nSPS) is 14.0. The van der Waals surface area contributed by atoms with Gasteiger partial charge in [-0.05, 0) is 50.1 Å². The maximum Gasteiger partial charge on any atom is 0.416 e. The van der Waals surface area contributed by atoms with Crippen LogP contribution in [0.15, 0.2) is 59.7 Å². The standard InChI is InChI=1S/C26H22F3N7O2/c1-16-22(23-31-15-32-36(23)20-12-10-18(30-2)11-13-20)35(24(37)33-19-7-3-4-8-19)25(38)34(16)21-9-5-6-17(14-21)26(27,28)29/h5-6,9-15,19H,3-4,7-8H2,1H3,(H,33,37). The summed E-state index contributed by atoms with van der Waals surface area (Å²) in [4.78, 5) is 34.8. The number of hydrogen-bond acceptors (Lipinski definition) is 4. The van der Waals surface area contributed by atoms with E-state index < -0.39 is 23.5 Å². The molecule has 1 saturated carbocycles. The quantitative estimate of drug-likeness (QED) is 0.371. The van der Waals surface area contributed by atoms with Crippen molar-refractivity contribution in [1.29, 1.82) is 0 Å². The average Bonchev–Trinajstić information content (AvgIpc) is 3.63. The summed E-state index contributed by atoms with van der Waals surface area (Å²) in [6.45, 7) is 8.70. The molecule has 12 heteroatoms. The van der Waals surface area contributed by atoms with Gasteiger partial charge in [-0.15, -0.1) is 0 Å². The Kier molecular flexibility index (Phi) is 6.36. The lowest BCUT2D eigenvalue weighted by Crippen LogP contribution is -2.41. The van der Waals surface area contributed by atoms with E-state index in [1.54, 1.807) is 24.3 Å². The lowest BCUT2D eigenvalue weighted by molar-refractivity contribution is -0.137. The Morgan fingerprint density at radius 2 is 1.82 bits per heavy atom. The Hall–Kier alpha value is -4.66. The van der Waals surface area contributed by atoms with E-state index in [1.165, 1.54) is 30.1 Å². The first-order chi connectivity index (χ1) is 18.2. The summed E-state index contributed by atoms with van der Waals surface area (Å²) in [5, 5.41) is 7.12. The second-order valence-corrected chi connectivity index (χ2v) is 8.99. The fraction of sp³-hybridized carbons (Fsp3) is 0.269. The molecule has 0 atom stereocenters. The topological polar surface area (TPSA) is 91.1 Å². The molecule has 2 heterocycles. The number of benzene rings is 2. The van der Waals surface area contributed by atoms with Gasteiger partial charge in [0.25, 0.3) is 0 Å². The van der Waals surface area contributed by atoms with Crippen molar-refractivity contribution in [3.63, 3.8) is 0 Å². The van der Waals surface area contributed by atoms with Crippen molar-refractivity contribution in [2.24, 2.45) is 0 Å². The number of imidazole rings is 1. The van der Waals surface area contributed by atoms with Crippen LogP contribution in [-0.4, -0.2) is 36.0 Å². The third-order valence-electron chi connectivity index (χ3n) is 6.58. The number of halogens is 3. The summed E-state index contributed by atoms with van der Waals surface area (Å²) in [5.74, 6) is 0.141. The minimum atomic E-state index is -4.61. The molecule has 4 aromatic rings. The Labute approximate surface area is 215 Å². The molecule has 1 aliphatic carbocycles. The zero-order valence-electron chi connectivity index (χ0n) is 20.2. The molecule has 2 aromatic heterocycles. The highest BCUT2D eigenvalue weighted by atomic mass is 19.4. The van der Waals surface area contributed by atoms with Crippen LogP contribution in [0.25, 0.3) is 27.7 Å². The first-order valence-corrected chi connectivity index (χ1v) is 11.9. The van der Waals surface area contributed by atoms with Gasteiger partial charge in [-0.25, -0.2) is 28.7 Å². The van der Waals surface area contributed by atoms with E-state index in [2.05, 4.69) is 20.2 Å². The molecule has 0 aliphatic heterocycles. The predicted molar refractivity (Wildman–Crippen MR) is 133 cm³/mol. The van der Waals surface area contributed by atoms with Gasteiger partial charge in [-0.3, -0.25) is 4.57 Å². The zero-order valence-corrected chi connectivity index (χ0v) is 20.2. The molecule has 38 heavy (non-hydrogen) atoms. The molecule has 0 spiro atoms. The van der Waals surface area contributed by atoms with Crippen molar-refractivity contribution in [2.45, 2.75) is 44.8 Å². The highest BCUT2D eigenvalue weighted by Gasteiger charge is 2.32. The third kappa shape index (κ3) is 4.47. The Bertz CT molecular complexity index is 1600. The summed E-state index contributed by atoms with van der Waals surface area (Å²) < 4.78 is 43.7. The van der Waals surface area contributed by atoms with Crippen LogP contribution in [-0.2, 0) is 6.18 Å². The first kappa shape index (κ1) is 25.0. The smallest absolute Gasteiger partial charge is 0.335 e. The van der Waals surface area contributed by atoms with Crippen molar-refractivity contribution in [3.05, 3.63) is 88.0 Å². The van der Waals surface area contributed by atoms with Crippen molar-refractivity contribution in [1.82, 2.24) is 29.2 Å². The molecule has 1 N–H and O–H groups in total. The summed E-state index contributed by atoms with van der Waals surface area (Å²) in [6.07, 6.45) is 0.0799. The van der Waals surface area contributed by atoms with E-state index in [1.807, 2.05) is 0 Å². The van der Waals surface area contributed by atoms with Gasteiger partial charge in [0, 0.05) is 6.04 Å². The molecule has 0 unspecified atom stereocenters. The van der Waals surface area contributed by atoms with Crippen molar-refractivity contribution in [2.75, 3.05) is 0 Å². The van der Waals surface area contributed by atoms with Gasteiger partial charge < -0.3 is 5.32 Å². The maximum absolute atomic E-state index is 13.7. The molecule has 1 fully saturated rings. The average molecular weight is 522 g/mol. The highest BCUT2D eigenvalue weighted by Crippen LogP contribution is 2.32. The van der Waals surface area contributed by atoms with Crippen LogP contribution in [0.4, 0.5) is 23.7 Å². The molecular weight excluding hydrogens is 499 g/mol. The molecular formula is C26H22F3N7O2. The molecule has 2 aromatic carbocycles. The SMILES string of the molecule is [C-]#[N+]c1ccc(-n2ncnc2-c2c(C)n(-c3cccc(C(F)(F)F)c3)c(=O)n2C(=O)NC2CCCC2)cc1. The van der Waals surface area contributed by atoms with Gasteiger partial charge in [0.05, 0.1) is 29.2 Å². The highest BCUT2D eigenvalue weighted by molar-refractivity contribution is 5.83. The van der Waals surface area contributed by atoms with Crippen LogP contribution in [0.5, 0.6) is 0 Å². The number of rotatable bonds is 4. The fourth-order valence-electron chi connectivity index (χ4n) is 4.75. The van der Waals surface area contributed by atoms with E-state index in [4.69, 9.17) is 6.57 Å². The van der Waals surface area contributed by atoms with E-state index in [0.717, 1.165) is 47.0 Å². The number of carbonyl (C=O) groups is 1. The lowest BCUT2D eigenvalue weighted by Gasteiger charge is -2.14. The minimum Gasteiger partial charge on any atom is -0.335 e. The molecule has 0 bridgehead atoms. The van der Waals surface area contributed by atoms with Crippen molar-refractivity contribution < 1.29 is 18.0 Å². The van der Waals surface area contributed by atoms with Crippen LogP contribution in [0.3, 0.4) is 0 Å². The van der Waals surface area contributed by atoms with Crippen LogP contribution >= 0.6 is 0 Å². The van der Waals surface area contributed by atoms with E-state index in [0.29, 0.717) is 11.4 Å². The van der Waals surface area contributed by atoms with Gasteiger partial charge in [-0.2, -0.15) is 18.3 Å². The number of amides is 1. The van der Waals surface area contributed by atoms with E-state index in [9.17, 15) is 22.8 Å². The van der Waals surface area contributed by atoms with Crippen LogP contribution in [0.2, 0.25) is 0 Å². The Morgan fingerprint density at radius 3 is 2.47 bits per heavy atom. The van der Waals surface area contributed by atoms with Gasteiger partial charge in [0.2, 0.25) is 0 Å². The molecule has 1 aliphatic rings. The van der Waals surface area contributed by atoms with E-state index >= 15 is 0 Å². The molecule has 194 valence electrons.